The summed E-state index contributed by atoms with van der Waals surface area (Å²) in [5.74, 6) is -1.02. The van der Waals surface area contributed by atoms with Crippen LogP contribution in [0.5, 0.6) is 0 Å². The van der Waals surface area contributed by atoms with Gasteiger partial charge < -0.3 is 9.67 Å². The largest absolute Gasteiger partial charge is 0.477 e. The highest BCUT2D eigenvalue weighted by Crippen LogP contribution is 1.98. The molecule has 0 aliphatic rings. The van der Waals surface area contributed by atoms with E-state index in [-0.39, 0.29) is 5.69 Å². The Labute approximate surface area is 77.1 Å². The third kappa shape index (κ3) is 1.94. The van der Waals surface area contributed by atoms with Crippen LogP contribution in [0.1, 0.15) is 10.5 Å². The number of thiazole rings is 1. The summed E-state index contributed by atoms with van der Waals surface area (Å²) in [6.07, 6.45) is 0.417. The maximum absolute atomic E-state index is 10.6. The van der Waals surface area contributed by atoms with Crippen LogP contribution in [-0.2, 0) is 11.8 Å². The number of hydrogen-bond donors (Lipinski definition) is 2. The molecular formula is C6H7N3O3S. The van der Waals surface area contributed by atoms with Gasteiger partial charge in [0.25, 0.3) is 0 Å². The Morgan fingerprint density at radius 2 is 2.54 bits per heavy atom. The Morgan fingerprint density at radius 1 is 1.85 bits per heavy atom. The molecule has 0 aliphatic carbocycles. The van der Waals surface area contributed by atoms with Gasteiger partial charge in [-0.1, -0.05) is 0 Å². The van der Waals surface area contributed by atoms with Gasteiger partial charge in [-0.3, -0.25) is 4.79 Å². The molecule has 1 aromatic heterocycles. The van der Waals surface area contributed by atoms with E-state index in [4.69, 9.17) is 5.11 Å². The molecule has 0 aromatic carbocycles. The van der Waals surface area contributed by atoms with Crippen molar-refractivity contribution in [3.8, 4) is 0 Å². The fourth-order valence-electron chi connectivity index (χ4n) is 0.746. The van der Waals surface area contributed by atoms with Crippen molar-refractivity contribution in [2.24, 2.45) is 12.1 Å². The molecule has 1 amide bonds. The molecular weight excluding hydrogens is 194 g/mol. The molecule has 1 aromatic rings. The van der Waals surface area contributed by atoms with Gasteiger partial charge in [0.15, 0.2) is 0 Å². The topological polar surface area (TPSA) is 83.7 Å². The lowest BCUT2D eigenvalue weighted by Crippen LogP contribution is -2.19. The summed E-state index contributed by atoms with van der Waals surface area (Å²) in [5, 5.41) is 13.7. The Morgan fingerprint density at radius 3 is 3.00 bits per heavy atom. The van der Waals surface area contributed by atoms with Crippen LogP contribution in [0.15, 0.2) is 10.5 Å². The highest BCUT2D eigenvalue weighted by Gasteiger charge is 2.08. The van der Waals surface area contributed by atoms with Crippen molar-refractivity contribution in [1.29, 1.82) is 0 Å². The van der Waals surface area contributed by atoms with E-state index in [0.29, 0.717) is 11.2 Å². The second kappa shape index (κ2) is 3.85. The monoisotopic (exact) mass is 201 g/mol. The fraction of sp³-hybridized carbons (Fsp3) is 0.167. The normalized spacial score (nSPS) is 11.3. The van der Waals surface area contributed by atoms with Crippen molar-refractivity contribution in [1.82, 2.24) is 9.99 Å². The number of carboxylic acids is 1. The standard InChI is InChI=1S/C6H7N3O3S/c1-9-4(5(11)12)2-13-6(9)8-7-3-10/h2-3H,1H3,(H,7,10)(H,11,12). The lowest BCUT2D eigenvalue weighted by atomic mass is 10.5. The summed E-state index contributed by atoms with van der Waals surface area (Å²) < 4.78 is 1.38. The molecule has 1 heterocycles. The SMILES string of the molecule is Cn1c(C(=O)O)csc1=NNC=O. The summed E-state index contributed by atoms with van der Waals surface area (Å²) in [6, 6.07) is 0. The molecule has 0 aliphatic heterocycles. The fourth-order valence-corrected chi connectivity index (χ4v) is 1.58. The van der Waals surface area contributed by atoms with Crippen LogP contribution in [0.3, 0.4) is 0 Å². The molecule has 6 nitrogen and oxygen atoms in total. The van der Waals surface area contributed by atoms with E-state index in [1.54, 1.807) is 7.05 Å². The number of aromatic carboxylic acids is 1. The second-order valence-electron chi connectivity index (χ2n) is 2.13. The molecule has 13 heavy (non-hydrogen) atoms. The molecule has 0 spiro atoms. The van der Waals surface area contributed by atoms with E-state index in [1.807, 2.05) is 0 Å². The van der Waals surface area contributed by atoms with Gasteiger partial charge >= 0.3 is 5.97 Å². The number of carbonyl (C=O) groups excluding carboxylic acids is 1. The number of nitrogens with zero attached hydrogens (tertiary/aromatic N) is 2. The lowest BCUT2D eigenvalue weighted by molar-refractivity contribution is -0.109. The highest BCUT2D eigenvalue weighted by atomic mass is 32.1. The minimum absolute atomic E-state index is 0.136. The molecule has 2 N–H and O–H groups in total. The van der Waals surface area contributed by atoms with Crippen molar-refractivity contribution in [3.05, 3.63) is 15.9 Å². The number of carbonyl (C=O) groups is 2. The number of rotatable bonds is 3. The average Bonchev–Trinajstić information content (AvgIpc) is 2.43. The summed E-state index contributed by atoms with van der Waals surface area (Å²) >= 11 is 1.14. The van der Waals surface area contributed by atoms with Gasteiger partial charge in [-0.2, -0.15) is 0 Å². The van der Waals surface area contributed by atoms with Gasteiger partial charge in [0.05, 0.1) is 0 Å². The molecule has 0 saturated carbocycles. The summed E-state index contributed by atoms with van der Waals surface area (Å²) in [4.78, 5) is 20.9. The van der Waals surface area contributed by atoms with Crippen molar-refractivity contribution in [2.75, 3.05) is 0 Å². The summed E-state index contributed by atoms with van der Waals surface area (Å²) in [6.45, 7) is 0. The highest BCUT2D eigenvalue weighted by molar-refractivity contribution is 7.07. The molecule has 0 saturated heterocycles. The van der Waals surface area contributed by atoms with Crippen molar-refractivity contribution >= 4 is 23.7 Å². The first-order chi connectivity index (χ1) is 6.16. The Hall–Kier alpha value is -1.63. The van der Waals surface area contributed by atoms with Gasteiger partial charge in [0, 0.05) is 12.4 Å². The molecule has 0 bridgehead atoms. The number of hydrogen-bond acceptors (Lipinski definition) is 4. The van der Waals surface area contributed by atoms with Crippen LogP contribution in [-0.4, -0.2) is 22.1 Å². The molecule has 7 heteroatoms. The van der Waals surface area contributed by atoms with Crippen LogP contribution < -0.4 is 10.2 Å². The van der Waals surface area contributed by atoms with Crippen LogP contribution in [0.25, 0.3) is 0 Å². The van der Waals surface area contributed by atoms with Crippen LogP contribution in [0.2, 0.25) is 0 Å². The Kier molecular flexibility index (Phi) is 2.80. The van der Waals surface area contributed by atoms with E-state index in [1.165, 1.54) is 9.95 Å². The zero-order chi connectivity index (χ0) is 9.84. The Bertz CT molecular complexity index is 392. The molecule has 0 unspecified atom stereocenters. The van der Waals surface area contributed by atoms with Crippen LogP contribution in [0, 0.1) is 0 Å². The molecule has 0 fully saturated rings. The average molecular weight is 201 g/mol. The maximum atomic E-state index is 10.6. The quantitative estimate of drug-likeness (QED) is 0.503. The second-order valence-corrected chi connectivity index (χ2v) is 2.96. The van der Waals surface area contributed by atoms with Gasteiger partial charge in [0.1, 0.15) is 5.69 Å². The van der Waals surface area contributed by atoms with Crippen LogP contribution >= 0.6 is 11.3 Å². The van der Waals surface area contributed by atoms with Gasteiger partial charge in [-0.25, -0.2) is 10.2 Å². The third-order valence-electron chi connectivity index (χ3n) is 1.36. The van der Waals surface area contributed by atoms with Gasteiger partial charge in [-0.05, 0) is 0 Å². The summed E-state index contributed by atoms with van der Waals surface area (Å²) in [5.41, 5.74) is 2.23. The first-order valence-corrected chi connectivity index (χ1v) is 4.15. The van der Waals surface area contributed by atoms with E-state index in [9.17, 15) is 9.59 Å². The van der Waals surface area contributed by atoms with Crippen molar-refractivity contribution < 1.29 is 14.7 Å². The van der Waals surface area contributed by atoms with Gasteiger partial charge in [-0.15, -0.1) is 16.4 Å². The predicted molar refractivity (Wildman–Crippen MR) is 45.0 cm³/mol. The minimum atomic E-state index is -1.02. The number of amides is 1. The predicted octanol–water partition coefficient (Wildman–Crippen LogP) is -0.654. The maximum Gasteiger partial charge on any atom is 0.353 e. The first kappa shape index (κ1) is 9.46. The van der Waals surface area contributed by atoms with Gasteiger partial charge in [0.2, 0.25) is 11.2 Å². The molecule has 0 radical (unpaired) electrons. The van der Waals surface area contributed by atoms with E-state index in [0.717, 1.165) is 11.3 Å². The number of nitrogens with one attached hydrogen (secondary N) is 1. The molecule has 1 rings (SSSR count). The van der Waals surface area contributed by atoms with Crippen molar-refractivity contribution in [3.63, 3.8) is 0 Å². The van der Waals surface area contributed by atoms with E-state index < -0.39 is 5.97 Å². The van der Waals surface area contributed by atoms with Crippen LogP contribution in [0.4, 0.5) is 0 Å². The number of carboxylic acid groups (broad SMARTS) is 1. The summed E-state index contributed by atoms with van der Waals surface area (Å²) in [7, 11) is 1.56. The smallest absolute Gasteiger partial charge is 0.353 e. The zero-order valence-corrected chi connectivity index (χ0v) is 7.54. The molecule has 70 valence electrons. The Balaban J connectivity index is 3.13. The van der Waals surface area contributed by atoms with E-state index >= 15 is 0 Å². The van der Waals surface area contributed by atoms with Crippen molar-refractivity contribution in [2.45, 2.75) is 0 Å². The third-order valence-corrected chi connectivity index (χ3v) is 2.27. The minimum Gasteiger partial charge on any atom is -0.477 e. The zero-order valence-electron chi connectivity index (χ0n) is 6.72. The lowest BCUT2D eigenvalue weighted by Gasteiger charge is -1.94. The number of aromatic nitrogens is 1. The molecule has 0 atom stereocenters. The van der Waals surface area contributed by atoms with E-state index in [2.05, 4.69) is 10.5 Å². The first-order valence-electron chi connectivity index (χ1n) is 3.27.